The second kappa shape index (κ2) is 12.4. The van der Waals surface area contributed by atoms with Crippen LogP contribution in [-0.4, -0.2) is 48.7 Å². The third-order valence-electron chi connectivity index (χ3n) is 7.76. The lowest BCUT2D eigenvalue weighted by molar-refractivity contribution is -0.141. The topological polar surface area (TPSA) is 133 Å². The second-order valence-electron chi connectivity index (χ2n) is 10.4. The highest BCUT2D eigenvalue weighted by atomic mass is 35.5. The van der Waals surface area contributed by atoms with Gasteiger partial charge in [0, 0.05) is 26.1 Å². The molecule has 1 aliphatic carbocycles. The van der Waals surface area contributed by atoms with Gasteiger partial charge < -0.3 is 15.7 Å². The molecule has 0 spiro atoms. The van der Waals surface area contributed by atoms with Gasteiger partial charge in [0.1, 0.15) is 0 Å². The lowest BCUT2D eigenvalue weighted by atomic mass is 9.93. The number of rotatable bonds is 9. The molecule has 5 rings (SSSR count). The van der Waals surface area contributed by atoms with Gasteiger partial charge in [-0.05, 0) is 59.7 Å². The largest absolute Gasteiger partial charge is 0.481 e. The Hall–Kier alpha value is -3.44. The van der Waals surface area contributed by atoms with Gasteiger partial charge in [0.05, 0.1) is 32.5 Å². The zero-order valence-corrected chi connectivity index (χ0v) is 24.8. The summed E-state index contributed by atoms with van der Waals surface area (Å²) in [5.74, 6) is -3.04. The normalized spacial score (nSPS) is 17.1. The zero-order valence-electron chi connectivity index (χ0n) is 22.5. The average molecular weight is 631 g/mol. The van der Waals surface area contributed by atoms with E-state index in [1.165, 1.54) is 28.1 Å². The molecule has 1 aliphatic heterocycles. The molecule has 0 saturated carbocycles. The van der Waals surface area contributed by atoms with Crippen LogP contribution >= 0.6 is 23.2 Å². The Bertz CT molecular complexity index is 1650. The molecule has 12 heteroatoms. The van der Waals surface area contributed by atoms with Crippen molar-refractivity contribution in [3.63, 3.8) is 0 Å². The van der Waals surface area contributed by atoms with Crippen molar-refractivity contribution in [1.29, 1.82) is 0 Å². The van der Waals surface area contributed by atoms with Gasteiger partial charge in [0.2, 0.25) is 10.0 Å². The van der Waals surface area contributed by atoms with E-state index in [0.717, 1.165) is 18.4 Å². The highest BCUT2D eigenvalue weighted by Crippen LogP contribution is 2.37. The maximum atomic E-state index is 13.3. The van der Waals surface area contributed by atoms with Gasteiger partial charge in [-0.15, -0.1) is 0 Å². The molecule has 42 heavy (non-hydrogen) atoms. The van der Waals surface area contributed by atoms with Crippen LogP contribution in [0, 0.1) is 5.92 Å². The Balaban J connectivity index is 1.25. The number of urea groups is 1. The monoisotopic (exact) mass is 629 g/mol. The Morgan fingerprint density at radius 3 is 2.45 bits per heavy atom. The summed E-state index contributed by atoms with van der Waals surface area (Å²) in [5.41, 5.74) is 3.38. The fraction of sp³-hybridized carbons (Fsp3) is 0.300. The summed E-state index contributed by atoms with van der Waals surface area (Å²) >= 11 is 13.1. The van der Waals surface area contributed by atoms with Crippen molar-refractivity contribution in [2.24, 2.45) is 5.92 Å². The Morgan fingerprint density at radius 1 is 1.00 bits per heavy atom. The summed E-state index contributed by atoms with van der Waals surface area (Å²) in [7, 11) is -3.74. The van der Waals surface area contributed by atoms with E-state index in [4.69, 9.17) is 23.2 Å². The first-order chi connectivity index (χ1) is 20.1. The number of carbonyl (C=O) groups excluding carboxylic acids is 2. The SMILES string of the molecule is O=C(NCC(CC(=O)c1c(Cl)cc2c(c1Cl)CCN(S(=O)(=O)c1ccccc1)C2)C(=O)O)NC1CCc2ccccc21. The number of halogens is 2. The van der Waals surface area contributed by atoms with Crippen LogP contribution in [-0.2, 0) is 34.2 Å². The maximum absolute atomic E-state index is 13.3. The van der Waals surface area contributed by atoms with Crippen molar-refractivity contribution in [3.05, 3.63) is 98.5 Å². The predicted molar refractivity (Wildman–Crippen MR) is 158 cm³/mol. The fourth-order valence-electron chi connectivity index (χ4n) is 5.53. The molecule has 3 aromatic rings. The smallest absolute Gasteiger partial charge is 0.315 e. The number of carbonyl (C=O) groups is 3. The van der Waals surface area contributed by atoms with Gasteiger partial charge in [-0.25, -0.2) is 13.2 Å². The third-order valence-corrected chi connectivity index (χ3v) is 10.3. The first-order valence-corrected chi connectivity index (χ1v) is 15.7. The summed E-state index contributed by atoms with van der Waals surface area (Å²) in [6.07, 6.45) is 1.41. The van der Waals surface area contributed by atoms with Crippen LogP contribution in [0.5, 0.6) is 0 Å². The van der Waals surface area contributed by atoms with Crippen LogP contribution in [0.1, 0.15) is 51.5 Å². The molecule has 3 aromatic carbocycles. The lowest BCUT2D eigenvalue weighted by Crippen LogP contribution is -2.41. The van der Waals surface area contributed by atoms with Gasteiger partial charge in [-0.2, -0.15) is 4.31 Å². The summed E-state index contributed by atoms with van der Waals surface area (Å²) in [6.45, 7) is -0.0854. The minimum Gasteiger partial charge on any atom is -0.481 e. The van der Waals surface area contributed by atoms with Crippen LogP contribution in [0.15, 0.2) is 65.6 Å². The molecular weight excluding hydrogens is 601 g/mol. The molecule has 0 bridgehead atoms. The molecule has 2 aliphatic rings. The summed E-state index contributed by atoms with van der Waals surface area (Å²) < 4.78 is 27.5. The minimum absolute atomic E-state index is 0.00489. The highest BCUT2D eigenvalue weighted by Gasteiger charge is 2.33. The van der Waals surface area contributed by atoms with E-state index >= 15 is 0 Å². The molecule has 1 heterocycles. The van der Waals surface area contributed by atoms with Crippen molar-refractivity contribution in [2.45, 2.75) is 43.2 Å². The molecule has 2 unspecified atom stereocenters. The third kappa shape index (κ3) is 6.17. The van der Waals surface area contributed by atoms with E-state index in [-0.39, 0.29) is 52.6 Å². The van der Waals surface area contributed by atoms with Crippen LogP contribution in [0.4, 0.5) is 4.79 Å². The molecule has 0 aromatic heterocycles. The standard InChI is InChI=1S/C30H29Cl2N3O6S/c31-24-14-20-17-35(42(40,41)21-7-2-1-3-8-21)13-12-23(20)28(32)27(24)26(36)15-19(29(37)38)16-33-30(39)34-25-11-10-18-6-4-5-9-22(18)25/h1-9,14,19,25H,10-13,15-17H2,(H,37,38)(H2,33,34,39). The van der Waals surface area contributed by atoms with E-state index in [1.807, 2.05) is 24.3 Å². The van der Waals surface area contributed by atoms with E-state index in [0.29, 0.717) is 11.1 Å². The number of Topliss-reactive ketones (excluding diaryl/α,β-unsaturated/α-hetero) is 1. The molecule has 0 saturated heterocycles. The van der Waals surface area contributed by atoms with Crippen molar-refractivity contribution < 1.29 is 27.9 Å². The Kier molecular flexibility index (Phi) is 8.89. The van der Waals surface area contributed by atoms with Gasteiger partial charge in [0.15, 0.2) is 5.78 Å². The van der Waals surface area contributed by atoms with Crippen molar-refractivity contribution >= 4 is 51.0 Å². The lowest BCUT2D eigenvalue weighted by Gasteiger charge is -2.29. The van der Waals surface area contributed by atoms with Gasteiger partial charge in [-0.3, -0.25) is 9.59 Å². The van der Waals surface area contributed by atoms with E-state index in [2.05, 4.69) is 10.6 Å². The fourth-order valence-corrected chi connectivity index (χ4v) is 7.78. The first-order valence-electron chi connectivity index (χ1n) is 13.5. The summed E-state index contributed by atoms with van der Waals surface area (Å²) in [5, 5.41) is 15.3. The molecule has 220 valence electrons. The number of carboxylic acids is 1. The molecule has 0 radical (unpaired) electrons. The molecule has 9 nitrogen and oxygen atoms in total. The van der Waals surface area contributed by atoms with Crippen molar-refractivity contribution in [1.82, 2.24) is 14.9 Å². The zero-order chi connectivity index (χ0) is 30.0. The van der Waals surface area contributed by atoms with Crippen LogP contribution in [0.25, 0.3) is 0 Å². The number of hydrogen-bond donors (Lipinski definition) is 3. The number of benzene rings is 3. The number of ketones is 1. The molecular formula is C30H29Cl2N3O6S. The van der Waals surface area contributed by atoms with E-state index in [9.17, 15) is 27.9 Å². The quantitative estimate of drug-likeness (QED) is 0.285. The Morgan fingerprint density at radius 2 is 1.71 bits per heavy atom. The van der Waals surface area contributed by atoms with Gasteiger partial charge in [-0.1, -0.05) is 65.7 Å². The number of fused-ring (bicyclic) bond motifs is 2. The average Bonchev–Trinajstić information content (AvgIpc) is 3.37. The summed E-state index contributed by atoms with van der Waals surface area (Å²) in [4.78, 5) is 38.0. The number of sulfonamides is 1. The van der Waals surface area contributed by atoms with Crippen LogP contribution < -0.4 is 10.6 Å². The number of aliphatic carboxylic acids is 1. The maximum Gasteiger partial charge on any atom is 0.315 e. The molecule has 2 atom stereocenters. The minimum atomic E-state index is -3.74. The first kappa shape index (κ1) is 30.0. The van der Waals surface area contributed by atoms with Crippen molar-refractivity contribution in [2.75, 3.05) is 13.1 Å². The predicted octanol–water partition coefficient (Wildman–Crippen LogP) is 5.00. The van der Waals surface area contributed by atoms with Gasteiger partial charge >= 0.3 is 12.0 Å². The highest BCUT2D eigenvalue weighted by molar-refractivity contribution is 7.89. The second-order valence-corrected chi connectivity index (χ2v) is 13.1. The van der Waals surface area contributed by atoms with E-state index < -0.39 is 40.1 Å². The summed E-state index contributed by atoms with van der Waals surface area (Å²) in [6, 6.07) is 16.7. The number of carboxylic acid groups (broad SMARTS) is 1. The number of hydrogen-bond acceptors (Lipinski definition) is 5. The van der Waals surface area contributed by atoms with E-state index in [1.54, 1.807) is 18.2 Å². The number of aryl methyl sites for hydroxylation is 1. The number of nitrogens with zero attached hydrogens (tertiary/aromatic N) is 1. The van der Waals surface area contributed by atoms with Gasteiger partial charge in [0.25, 0.3) is 0 Å². The number of amides is 2. The molecule has 3 N–H and O–H groups in total. The van der Waals surface area contributed by atoms with Crippen molar-refractivity contribution in [3.8, 4) is 0 Å². The van der Waals surface area contributed by atoms with Crippen LogP contribution in [0.3, 0.4) is 0 Å². The number of nitrogens with one attached hydrogen (secondary N) is 2. The van der Waals surface area contributed by atoms with Crippen LogP contribution in [0.2, 0.25) is 10.0 Å². The Labute approximate surface area is 253 Å². The molecule has 2 amide bonds. The molecule has 0 fully saturated rings.